The first kappa shape index (κ1) is 101. The number of imidazole rings is 5. The Balaban J connectivity index is 0.000000153. The van der Waals surface area contributed by atoms with Gasteiger partial charge < -0.3 is 105 Å². The van der Waals surface area contributed by atoms with Crippen molar-refractivity contribution in [2.24, 2.45) is 0 Å². The molecule has 20 atom stereocenters. The topological polar surface area (TPSA) is 569 Å². The fraction of sp³-hybridized carbons (Fsp3) is 0.605. The number of ether oxygens (including phenoxy) is 5. The molecule has 40 nitrogen and oxygen atoms in total. The Morgan fingerprint density at radius 3 is 0.984 bits per heavy atom. The van der Waals surface area contributed by atoms with Crippen LogP contribution in [0.4, 0.5) is 0 Å². The zero-order chi connectivity index (χ0) is 93.3. The van der Waals surface area contributed by atoms with Gasteiger partial charge in [-0.2, -0.15) is 0 Å². The van der Waals surface area contributed by atoms with Gasteiger partial charge in [-0.15, -0.1) is 65.9 Å². The summed E-state index contributed by atoms with van der Waals surface area (Å²) in [7, 11) is 0. The highest BCUT2D eigenvalue weighted by Crippen LogP contribution is 2.47. The van der Waals surface area contributed by atoms with Crippen LogP contribution in [0.15, 0.2) is 33.9 Å². The number of nitrogens with one attached hydrogen (secondary N) is 6. The number of fused-ring (bicyclic) bond motifs is 5. The maximum atomic E-state index is 12.2. The lowest BCUT2D eigenvalue weighted by Gasteiger charge is -2.19. The minimum absolute atomic E-state index is 0.0273. The minimum atomic E-state index is -1.28. The summed E-state index contributed by atoms with van der Waals surface area (Å²) in [5.74, 6) is 2.14. The molecule has 5 unspecified atom stereocenters. The number of aromatic nitrogens is 20. The lowest BCUT2D eigenvalue weighted by Crippen LogP contribution is -2.32. The molecule has 5 aliphatic heterocycles. The summed E-state index contributed by atoms with van der Waals surface area (Å²) >= 11 is 18.0. The second-order valence-corrected chi connectivity index (χ2v) is 60.4. The van der Waals surface area contributed by atoms with E-state index in [1.165, 1.54) is 25.5 Å². The highest BCUT2D eigenvalue weighted by Gasteiger charge is 2.50. The van der Waals surface area contributed by atoms with Crippen molar-refractivity contribution in [3.05, 3.63) is 99.5 Å². The first-order chi connectivity index (χ1) is 58.4. The maximum absolute atomic E-state index is 12.2. The van der Waals surface area contributed by atoms with Gasteiger partial charge in [-0.25, -0.2) is 44.9 Å². The van der Waals surface area contributed by atoms with Gasteiger partial charge in [0.2, 0.25) is 5.28 Å². The molecule has 5 fully saturated rings. The molecular weight excluding hydrogens is 1970 g/mol. The molecule has 0 aromatic carbocycles. The Morgan fingerprint density at radius 1 is 0.381 bits per heavy atom. The molecule has 10 aromatic rings. The van der Waals surface area contributed by atoms with Crippen molar-refractivity contribution in [1.82, 2.24) is 97.6 Å². The van der Waals surface area contributed by atoms with Gasteiger partial charge in [0.05, 0.1) is 30.5 Å². The molecule has 10 aromatic heterocycles. The number of aromatic amines is 6. The molecule has 15 rings (SSSR count). The minimum Gasteiger partial charge on any atom is -0.388 e. The molecule has 0 radical (unpaired) electrons. The van der Waals surface area contributed by atoms with Crippen molar-refractivity contribution in [1.29, 1.82) is 0 Å². The van der Waals surface area contributed by atoms with Crippen LogP contribution in [0, 0.1) is 43.2 Å². The molecule has 0 spiro atoms. The van der Waals surface area contributed by atoms with Crippen molar-refractivity contribution >= 4 is 196 Å². The summed E-state index contributed by atoms with van der Waals surface area (Å²) in [4.78, 5) is 114. The molecule has 5 aliphatic rings. The van der Waals surface area contributed by atoms with E-state index in [0.29, 0.717) is 97.5 Å². The monoisotopic (exact) mass is 2090 g/mol. The molecule has 0 saturated carbocycles. The highest BCUT2D eigenvalue weighted by molar-refractivity contribution is 14.1. The predicted molar refractivity (Wildman–Crippen MR) is 516 cm³/mol. The van der Waals surface area contributed by atoms with Crippen LogP contribution in [-0.4, -0.2) is 375 Å². The number of aliphatic hydroxyl groups is 10. The van der Waals surface area contributed by atoms with Gasteiger partial charge in [-0.3, -0.25) is 46.8 Å². The Kier molecular flexibility index (Phi) is 32.0. The van der Waals surface area contributed by atoms with Gasteiger partial charge in [0, 0.05) is 22.6 Å². The van der Waals surface area contributed by atoms with E-state index in [2.05, 4.69) is 189 Å². The van der Waals surface area contributed by atoms with E-state index in [1.54, 1.807) is 43.8 Å². The van der Waals surface area contributed by atoms with Gasteiger partial charge in [0.25, 0.3) is 27.8 Å². The van der Waals surface area contributed by atoms with Crippen LogP contribution < -0.4 is 27.8 Å². The summed E-state index contributed by atoms with van der Waals surface area (Å²) in [6.07, 6.45) is 12.0. The molecule has 15 heterocycles. The Hall–Kier alpha value is -5.28. The number of H-pyrrole nitrogens is 6. The van der Waals surface area contributed by atoms with Crippen molar-refractivity contribution in [3.63, 3.8) is 0 Å². The zero-order valence-corrected chi connectivity index (χ0v) is 83.3. The molecule has 0 amide bonds. The van der Waals surface area contributed by atoms with Gasteiger partial charge >= 0.3 is 0 Å². The first-order valence-electron chi connectivity index (χ1n) is 40.1. The number of aryl methyl sites for hydroxylation is 5. The molecule has 696 valence electrons. The second kappa shape index (κ2) is 39.9. The quantitative estimate of drug-likeness (QED) is 0.0158. The van der Waals surface area contributed by atoms with Crippen LogP contribution in [0.2, 0.25) is 5.28 Å². The Labute approximate surface area is 760 Å². The van der Waals surface area contributed by atoms with Crippen LogP contribution in [0.1, 0.15) is 92.4 Å². The Bertz CT molecular complexity index is 5990. The predicted octanol–water partition coefficient (Wildman–Crippen LogP) is 4.14. The van der Waals surface area contributed by atoms with Crippen molar-refractivity contribution in [2.45, 2.75) is 195 Å². The first-order valence-corrected chi connectivity index (χ1v) is 59.2. The summed E-state index contributed by atoms with van der Waals surface area (Å²) in [6.45, 7) is 23.1. The summed E-state index contributed by atoms with van der Waals surface area (Å²) in [5.41, 5.74) is 0.502. The molecule has 16 N–H and O–H groups in total. The van der Waals surface area contributed by atoms with E-state index in [1.807, 2.05) is 28.8 Å². The van der Waals surface area contributed by atoms with Crippen LogP contribution >= 0.6 is 109 Å². The van der Waals surface area contributed by atoms with E-state index in [0.717, 1.165) is 30.8 Å². The van der Waals surface area contributed by atoms with Crippen LogP contribution in [0.25, 0.3) is 55.8 Å². The maximum Gasteiger partial charge on any atom is 0.279 e. The lowest BCUT2D eigenvalue weighted by atomic mass is 10.1. The number of rotatable bonds is 21. The number of hydrogen-bond acceptors (Lipinski definition) is 31. The fourth-order valence-electron chi connectivity index (χ4n) is 15.0. The van der Waals surface area contributed by atoms with Crippen LogP contribution in [0.3, 0.4) is 0 Å². The van der Waals surface area contributed by atoms with E-state index in [4.69, 9.17) is 47.5 Å². The number of nitrogens with zero attached hydrogens (tertiary/aromatic N) is 14. The number of hydrogen-bond donors (Lipinski definition) is 16. The molecule has 0 bridgehead atoms. The highest BCUT2D eigenvalue weighted by atomic mass is 127. The fourth-order valence-corrected chi connectivity index (χ4v) is 22.2. The standard InChI is InChI=1S/C16H25N4O4PS.C15H22BrN4O4P.C15H22ClN4O4P.C15H22IN4O4P.C15H23N4O4PS/c1-8-17-13-10(14(23)18-8)19-16(26-5)20(13)15-12(22)11(21)9(24-15)6-7-25(2,3)4;3*1-7-17-12-9(13(23)18-7)19-15(16)20(12)14-11(22)10(21)8(24-14)5-6-25(2,3)4;1-7-16-12-9(13(22)17-7)18-15(25)19(12)14-11(21)10(20)8(23-14)5-6-24(2,3)4/h9,11-12,15,21-22H,2,6-7H2,1,3-5H3,(H,17,18,23);3*8,10-11,14,21-22H,2,5-6H2,1,3-4H3,(H,17,18,23);8,10-11,14,20-21H,2,5-6H2,1,3-4H3,(H,18,25)(H,16,17,22)/t9-,11-,12-,15?;4*8-,10-,11-,14?/m11111/s1. The molecular formula is C76H114BrClIN20O20P5S2. The van der Waals surface area contributed by atoms with Crippen molar-refractivity contribution < 1.29 is 74.7 Å². The number of halogens is 3. The smallest absolute Gasteiger partial charge is 0.279 e. The van der Waals surface area contributed by atoms with Crippen LogP contribution in [0.5, 0.6) is 0 Å². The third-order valence-electron chi connectivity index (χ3n) is 21.4. The van der Waals surface area contributed by atoms with E-state index >= 15 is 0 Å². The third-order valence-corrected chi connectivity index (χ3v) is 31.3. The average molecular weight is 2090 g/mol. The van der Waals surface area contributed by atoms with Gasteiger partial charge in [-0.1, -0.05) is 11.8 Å². The zero-order valence-electron chi connectivity index (χ0n) is 72.7. The number of aliphatic hydroxyl groups excluding tert-OH is 10. The second-order valence-electron chi connectivity index (χ2n) is 35.6. The largest absolute Gasteiger partial charge is 0.388 e. The molecule has 5 saturated heterocycles. The van der Waals surface area contributed by atoms with Crippen molar-refractivity contribution in [3.8, 4) is 0 Å². The molecule has 50 heteroatoms. The molecule has 0 aliphatic carbocycles. The number of thioether (sulfide) groups is 1. The third kappa shape index (κ3) is 23.1. The SMILES string of the molecule is C=P(C)(C)CC[C@H]1OC(n2c(=S)[nH]c3c(=O)[nH]c(C)nc32)[C@H](O)[C@@H]1O.C=P(C)(C)CC[C@H]1OC(n2c(Br)nc3c(=O)[nH]c(C)nc32)[C@H](O)[C@@H]1O.C=P(C)(C)CC[C@H]1OC(n2c(Cl)nc3c(=O)[nH]c(C)nc32)[C@H](O)[C@@H]1O.C=P(C)(C)CC[C@H]1OC(n2c(I)nc3c(=O)[nH]c(C)nc32)[C@H](O)[C@@H]1O.C=P(C)(C)CC[C@H]1OC(n2c(SC)nc3c(=O)[nH]c(C)nc32)[C@H](O)[C@@H]1O. The summed E-state index contributed by atoms with van der Waals surface area (Å²) in [5, 5.41) is 105. The summed E-state index contributed by atoms with van der Waals surface area (Å²) in [6, 6.07) is 0. The summed E-state index contributed by atoms with van der Waals surface area (Å²) < 4.78 is 38.2. The van der Waals surface area contributed by atoms with E-state index < -0.39 is 163 Å². The Morgan fingerprint density at radius 2 is 0.643 bits per heavy atom. The normalized spacial score (nSPS) is 27.2. The van der Waals surface area contributed by atoms with Gasteiger partial charge in [0.15, 0.2) is 105 Å². The van der Waals surface area contributed by atoms with Gasteiger partial charge in [0.1, 0.15) is 90.2 Å². The van der Waals surface area contributed by atoms with Crippen molar-refractivity contribution in [2.75, 3.05) is 104 Å². The van der Waals surface area contributed by atoms with Gasteiger partial charge in [-0.05, 0) is 210 Å². The van der Waals surface area contributed by atoms with E-state index in [9.17, 15) is 75.0 Å². The van der Waals surface area contributed by atoms with E-state index in [-0.39, 0.29) is 65.5 Å². The molecule has 126 heavy (non-hydrogen) atoms. The average Bonchev–Trinajstić information content (AvgIpc) is 1.63. The van der Waals surface area contributed by atoms with Crippen LogP contribution in [-0.2, 0) is 23.7 Å². The lowest BCUT2D eigenvalue weighted by molar-refractivity contribution is -0.0400.